The highest BCUT2D eigenvalue weighted by atomic mass is 35.5. The van der Waals surface area contributed by atoms with Gasteiger partial charge in [-0.05, 0) is 12.5 Å². The van der Waals surface area contributed by atoms with Gasteiger partial charge in [-0.3, -0.25) is 0 Å². The molecule has 2 N–H and O–H groups in total. The highest BCUT2D eigenvalue weighted by molar-refractivity contribution is 7.15. The molecule has 1 aromatic heterocycles. The van der Waals surface area contributed by atoms with Crippen molar-refractivity contribution in [1.82, 2.24) is 0 Å². The van der Waals surface area contributed by atoms with Crippen molar-refractivity contribution in [2.24, 2.45) is 0 Å². The number of carbonyl (C=O) groups is 1. The molecule has 3 nitrogen and oxygen atoms in total. The van der Waals surface area contributed by atoms with Crippen LogP contribution in [0.4, 0.5) is 5.00 Å². The molecule has 0 aliphatic rings. The first kappa shape index (κ1) is 13.9. The van der Waals surface area contributed by atoms with Gasteiger partial charge in [-0.15, -0.1) is 11.3 Å². The number of hydrogen-bond donors (Lipinski definition) is 1. The molecule has 0 saturated heterocycles. The molecular weight excluding hydrogens is 282 g/mol. The van der Waals surface area contributed by atoms with Crippen molar-refractivity contribution in [1.29, 1.82) is 0 Å². The lowest BCUT2D eigenvalue weighted by Crippen LogP contribution is -2.08. The lowest BCUT2D eigenvalue weighted by atomic mass is 10.0. The Balaban J connectivity index is 2.43. The topological polar surface area (TPSA) is 52.3 Å². The Morgan fingerprint density at radius 2 is 2.11 bits per heavy atom. The van der Waals surface area contributed by atoms with Gasteiger partial charge in [0.25, 0.3) is 0 Å². The van der Waals surface area contributed by atoms with Crippen molar-refractivity contribution in [2.75, 3.05) is 12.3 Å². The van der Waals surface area contributed by atoms with E-state index in [0.29, 0.717) is 22.2 Å². The predicted octanol–water partition coefficient (Wildman–Crippen LogP) is 4.22. The molecule has 1 aromatic carbocycles. The van der Waals surface area contributed by atoms with Gasteiger partial charge in [-0.2, -0.15) is 0 Å². The summed E-state index contributed by atoms with van der Waals surface area (Å²) in [5, 5.41) is 2.87. The predicted molar refractivity (Wildman–Crippen MR) is 79.8 cm³/mol. The van der Waals surface area contributed by atoms with E-state index in [2.05, 4.69) is 0 Å². The summed E-state index contributed by atoms with van der Waals surface area (Å²) in [5.74, 6) is -0.393. The Hall–Kier alpha value is -1.52. The molecule has 1 heterocycles. The summed E-state index contributed by atoms with van der Waals surface area (Å²) in [7, 11) is 0. The summed E-state index contributed by atoms with van der Waals surface area (Å²) in [6, 6.07) is 7.36. The number of esters is 1. The van der Waals surface area contributed by atoms with Gasteiger partial charge in [0.05, 0.1) is 6.61 Å². The molecule has 0 aliphatic carbocycles. The minimum Gasteiger partial charge on any atom is -0.462 e. The molecule has 0 radical (unpaired) electrons. The van der Waals surface area contributed by atoms with E-state index in [1.165, 1.54) is 11.3 Å². The van der Waals surface area contributed by atoms with Crippen LogP contribution in [0.3, 0.4) is 0 Å². The van der Waals surface area contributed by atoms with Crippen LogP contribution in [0, 0.1) is 0 Å². The van der Waals surface area contributed by atoms with Gasteiger partial charge >= 0.3 is 5.97 Å². The van der Waals surface area contributed by atoms with E-state index >= 15 is 0 Å². The molecule has 100 valence electrons. The third-order valence-electron chi connectivity index (χ3n) is 2.62. The van der Waals surface area contributed by atoms with Gasteiger partial charge in [0.1, 0.15) is 10.6 Å². The van der Waals surface area contributed by atoms with Crippen LogP contribution in [0.15, 0.2) is 29.6 Å². The molecule has 0 amide bonds. The smallest absolute Gasteiger partial charge is 0.341 e. The molecule has 0 saturated carbocycles. The maximum Gasteiger partial charge on any atom is 0.341 e. The van der Waals surface area contributed by atoms with Crippen LogP contribution in [0.2, 0.25) is 5.02 Å². The van der Waals surface area contributed by atoms with Crippen LogP contribution in [-0.2, 0) is 4.74 Å². The van der Waals surface area contributed by atoms with Gasteiger partial charge in [-0.25, -0.2) is 4.79 Å². The van der Waals surface area contributed by atoms with E-state index < -0.39 is 5.97 Å². The summed E-state index contributed by atoms with van der Waals surface area (Å²) in [5.41, 5.74) is 7.81. The zero-order valence-electron chi connectivity index (χ0n) is 10.5. The third kappa shape index (κ3) is 2.91. The molecule has 5 heteroatoms. The van der Waals surface area contributed by atoms with Gasteiger partial charge in [0, 0.05) is 21.5 Å². The van der Waals surface area contributed by atoms with Gasteiger partial charge in [0.15, 0.2) is 0 Å². The number of ether oxygens (including phenoxy) is 1. The molecule has 19 heavy (non-hydrogen) atoms. The second kappa shape index (κ2) is 6.08. The van der Waals surface area contributed by atoms with Gasteiger partial charge in [-0.1, -0.05) is 36.7 Å². The van der Waals surface area contributed by atoms with E-state index in [1.807, 2.05) is 30.5 Å². The number of hydrogen-bond acceptors (Lipinski definition) is 4. The maximum atomic E-state index is 12.1. The minimum absolute atomic E-state index is 0.385. The summed E-state index contributed by atoms with van der Waals surface area (Å²) in [6.45, 7) is 2.33. The lowest BCUT2D eigenvalue weighted by Gasteiger charge is -2.07. The summed E-state index contributed by atoms with van der Waals surface area (Å²) >= 11 is 7.48. The number of nitrogens with two attached hydrogens (primary N) is 1. The number of halogens is 1. The second-order valence-corrected chi connectivity index (χ2v) is 5.32. The zero-order valence-corrected chi connectivity index (χ0v) is 12.1. The molecule has 0 unspecified atom stereocenters. The number of thiophene rings is 1. The Morgan fingerprint density at radius 3 is 2.79 bits per heavy atom. The van der Waals surface area contributed by atoms with Crippen LogP contribution < -0.4 is 5.73 Å². The molecule has 0 spiro atoms. The van der Waals surface area contributed by atoms with Crippen molar-refractivity contribution in [3.8, 4) is 11.1 Å². The van der Waals surface area contributed by atoms with Crippen molar-refractivity contribution < 1.29 is 9.53 Å². The standard InChI is InChI=1S/C14H14ClNO2S/c1-2-7-18-14(17)12-10(8-19-13(12)16)9-5-3-4-6-11(9)15/h3-6,8H,2,7,16H2,1H3. The van der Waals surface area contributed by atoms with Crippen molar-refractivity contribution in [3.05, 3.63) is 40.2 Å². The fourth-order valence-corrected chi connectivity index (χ4v) is 2.77. The number of carbonyl (C=O) groups excluding carboxylic acids is 1. The monoisotopic (exact) mass is 295 g/mol. The largest absolute Gasteiger partial charge is 0.462 e. The molecule has 0 atom stereocenters. The van der Waals surface area contributed by atoms with Gasteiger partial charge < -0.3 is 10.5 Å². The van der Waals surface area contributed by atoms with Crippen LogP contribution in [-0.4, -0.2) is 12.6 Å². The van der Waals surface area contributed by atoms with Crippen LogP contribution >= 0.6 is 22.9 Å². The molecule has 2 aromatic rings. The first-order valence-corrected chi connectivity index (χ1v) is 7.20. The Bertz CT molecular complexity index is 595. The van der Waals surface area contributed by atoms with Crippen molar-refractivity contribution in [2.45, 2.75) is 13.3 Å². The van der Waals surface area contributed by atoms with Gasteiger partial charge in [0.2, 0.25) is 0 Å². The third-order valence-corrected chi connectivity index (χ3v) is 3.77. The van der Waals surface area contributed by atoms with E-state index in [-0.39, 0.29) is 0 Å². The Labute approximate surface area is 121 Å². The molecule has 2 rings (SSSR count). The first-order valence-electron chi connectivity index (χ1n) is 5.94. The zero-order chi connectivity index (χ0) is 13.8. The highest BCUT2D eigenvalue weighted by Crippen LogP contribution is 2.37. The molecule has 0 bridgehead atoms. The maximum absolute atomic E-state index is 12.1. The van der Waals surface area contributed by atoms with E-state index in [9.17, 15) is 4.79 Å². The van der Waals surface area contributed by atoms with E-state index in [4.69, 9.17) is 22.1 Å². The van der Waals surface area contributed by atoms with Crippen molar-refractivity contribution in [3.63, 3.8) is 0 Å². The Kier molecular flexibility index (Phi) is 4.45. The van der Waals surface area contributed by atoms with Crippen LogP contribution in [0.25, 0.3) is 11.1 Å². The summed E-state index contributed by atoms with van der Waals surface area (Å²) < 4.78 is 5.16. The average molecular weight is 296 g/mol. The number of nitrogen functional groups attached to an aromatic ring is 1. The highest BCUT2D eigenvalue weighted by Gasteiger charge is 2.21. The number of rotatable bonds is 4. The average Bonchev–Trinajstić information content (AvgIpc) is 2.78. The quantitative estimate of drug-likeness (QED) is 0.859. The first-order chi connectivity index (χ1) is 9.15. The number of anilines is 1. The second-order valence-electron chi connectivity index (χ2n) is 4.00. The molecule has 0 fully saturated rings. The minimum atomic E-state index is -0.393. The normalized spacial score (nSPS) is 10.4. The SMILES string of the molecule is CCCOC(=O)c1c(-c2ccccc2Cl)csc1N. The van der Waals surface area contributed by atoms with E-state index in [1.54, 1.807) is 6.07 Å². The fraction of sp³-hybridized carbons (Fsp3) is 0.214. The summed E-state index contributed by atoms with van der Waals surface area (Å²) in [6.07, 6.45) is 0.775. The number of benzene rings is 1. The van der Waals surface area contributed by atoms with E-state index in [0.717, 1.165) is 17.5 Å². The van der Waals surface area contributed by atoms with Crippen LogP contribution in [0.5, 0.6) is 0 Å². The lowest BCUT2D eigenvalue weighted by molar-refractivity contribution is 0.0508. The Morgan fingerprint density at radius 1 is 1.37 bits per heavy atom. The fourth-order valence-electron chi connectivity index (χ4n) is 1.73. The molecular formula is C14H14ClNO2S. The summed E-state index contributed by atoms with van der Waals surface area (Å²) in [4.78, 5) is 12.1. The molecule has 0 aliphatic heterocycles. The van der Waals surface area contributed by atoms with Crippen LogP contribution in [0.1, 0.15) is 23.7 Å². The van der Waals surface area contributed by atoms with Crippen molar-refractivity contribution >= 4 is 33.9 Å².